The van der Waals surface area contributed by atoms with E-state index in [4.69, 9.17) is 4.42 Å². The van der Waals surface area contributed by atoms with Gasteiger partial charge >= 0.3 is 0 Å². The Morgan fingerprint density at radius 2 is 2.14 bits per heavy atom. The van der Waals surface area contributed by atoms with Crippen LogP contribution in [-0.4, -0.2) is 50.8 Å². The van der Waals surface area contributed by atoms with E-state index in [1.165, 1.54) is 36.0 Å². The summed E-state index contributed by atoms with van der Waals surface area (Å²) < 4.78 is 7.32. The normalized spacial score (nSPS) is 17.4. The van der Waals surface area contributed by atoms with Crippen LogP contribution in [0.25, 0.3) is 16.6 Å². The Labute approximate surface area is 169 Å². The molecule has 1 aromatic carbocycles. The van der Waals surface area contributed by atoms with Gasteiger partial charge in [0.1, 0.15) is 18.4 Å². The van der Waals surface area contributed by atoms with Gasteiger partial charge in [-0.3, -0.25) is 4.57 Å². The summed E-state index contributed by atoms with van der Waals surface area (Å²) in [4.78, 5) is 5.99. The molecule has 1 aliphatic rings. The molecule has 3 aromatic heterocycles. The monoisotopic (exact) mass is 390 g/mol. The summed E-state index contributed by atoms with van der Waals surface area (Å²) in [6.07, 6.45) is 9.66. The van der Waals surface area contributed by atoms with Gasteiger partial charge in [-0.15, -0.1) is 10.2 Å². The fourth-order valence-electron chi connectivity index (χ4n) is 4.24. The van der Waals surface area contributed by atoms with Crippen LogP contribution in [0.2, 0.25) is 0 Å². The number of furan rings is 1. The Hall–Kier alpha value is -2.90. The van der Waals surface area contributed by atoms with Crippen molar-refractivity contribution in [3.8, 4) is 5.69 Å². The van der Waals surface area contributed by atoms with Crippen molar-refractivity contribution >= 4 is 10.9 Å². The number of aromatic nitrogens is 4. The molecule has 0 aliphatic carbocycles. The Morgan fingerprint density at radius 1 is 1.21 bits per heavy atom. The number of likely N-dealkylation sites (tertiary alicyclic amines) is 1. The lowest BCUT2D eigenvalue weighted by Crippen LogP contribution is -2.27. The lowest BCUT2D eigenvalue weighted by molar-refractivity contribution is 0.325. The van der Waals surface area contributed by atoms with Gasteiger partial charge in [0.25, 0.3) is 0 Å². The second-order valence-corrected chi connectivity index (χ2v) is 7.83. The summed E-state index contributed by atoms with van der Waals surface area (Å²) in [6.45, 7) is 5.31. The number of aromatic amines is 1. The molecule has 2 N–H and O–H groups in total. The first kappa shape index (κ1) is 18.1. The number of rotatable bonds is 8. The predicted octanol–water partition coefficient (Wildman–Crippen LogP) is 3.00. The van der Waals surface area contributed by atoms with Crippen molar-refractivity contribution in [2.75, 3.05) is 26.2 Å². The first-order valence-electron chi connectivity index (χ1n) is 10.3. The molecule has 150 valence electrons. The molecule has 1 saturated heterocycles. The topological polar surface area (TPSA) is 74.9 Å². The molecule has 0 bridgehead atoms. The van der Waals surface area contributed by atoms with E-state index in [-0.39, 0.29) is 0 Å². The van der Waals surface area contributed by atoms with E-state index in [0.29, 0.717) is 5.92 Å². The molecule has 4 heterocycles. The molecule has 1 fully saturated rings. The summed E-state index contributed by atoms with van der Waals surface area (Å²) in [5.41, 5.74) is 3.64. The van der Waals surface area contributed by atoms with Crippen LogP contribution in [0, 0.1) is 5.92 Å². The first-order valence-corrected chi connectivity index (χ1v) is 10.3. The van der Waals surface area contributed by atoms with E-state index >= 15 is 0 Å². The average Bonchev–Trinajstić information content (AvgIpc) is 3.54. The van der Waals surface area contributed by atoms with Crippen molar-refractivity contribution in [1.29, 1.82) is 0 Å². The summed E-state index contributed by atoms with van der Waals surface area (Å²) in [6, 6.07) is 10.4. The second-order valence-electron chi connectivity index (χ2n) is 7.83. The molecule has 0 spiro atoms. The van der Waals surface area contributed by atoms with Crippen LogP contribution < -0.4 is 5.32 Å². The van der Waals surface area contributed by atoms with Gasteiger partial charge in [0.2, 0.25) is 0 Å². The fraction of sp³-hybridized carbons (Fsp3) is 0.364. The third-order valence-corrected chi connectivity index (χ3v) is 5.85. The molecule has 0 saturated carbocycles. The Kier molecular flexibility index (Phi) is 5.15. The molecule has 1 aliphatic heterocycles. The largest absolute Gasteiger partial charge is 0.468 e. The minimum absolute atomic E-state index is 0.716. The first-order chi connectivity index (χ1) is 14.3. The van der Waals surface area contributed by atoms with Gasteiger partial charge in [0.15, 0.2) is 0 Å². The quantitative estimate of drug-likeness (QED) is 0.484. The summed E-state index contributed by atoms with van der Waals surface area (Å²) >= 11 is 0. The summed E-state index contributed by atoms with van der Waals surface area (Å²) in [5, 5.41) is 12.6. The maximum Gasteiger partial charge on any atom is 0.123 e. The summed E-state index contributed by atoms with van der Waals surface area (Å²) in [7, 11) is 0. The molecule has 4 aromatic rings. The fourth-order valence-corrected chi connectivity index (χ4v) is 4.24. The number of nitrogens with zero attached hydrogens (tertiary/aromatic N) is 4. The van der Waals surface area contributed by atoms with Crippen molar-refractivity contribution in [1.82, 2.24) is 30.0 Å². The highest BCUT2D eigenvalue weighted by molar-refractivity contribution is 5.85. The van der Waals surface area contributed by atoms with Crippen LogP contribution in [0.4, 0.5) is 0 Å². The van der Waals surface area contributed by atoms with Crippen molar-refractivity contribution in [3.05, 3.63) is 66.8 Å². The molecular weight excluding hydrogens is 364 g/mol. The number of fused-ring (bicyclic) bond motifs is 1. The number of H-pyrrole nitrogens is 1. The highest BCUT2D eigenvalue weighted by Gasteiger charge is 2.22. The van der Waals surface area contributed by atoms with Gasteiger partial charge in [-0.25, -0.2) is 0 Å². The van der Waals surface area contributed by atoms with E-state index < -0.39 is 0 Å². The molecule has 5 rings (SSSR count). The van der Waals surface area contributed by atoms with Crippen molar-refractivity contribution in [3.63, 3.8) is 0 Å². The van der Waals surface area contributed by atoms with E-state index in [1.807, 2.05) is 16.7 Å². The van der Waals surface area contributed by atoms with E-state index in [1.54, 1.807) is 18.9 Å². The molecule has 1 atom stereocenters. The Bertz CT molecular complexity index is 1040. The Balaban J connectivity index is 1.15. The van der Waals surface area contributed by atoms with Crippen LogP contribution in [0.15, 0.2) is 59.9 Å². The second kappa shape index (κ2) is 8.23. The van der Waals surface area contributed by atoms with Gasteiger partial charge in [-0.2, -0.15) is 0 Å². The average molecular weight is 390 g/mol. The highest BCUT2D eigenvalue weighted by atomic mass is 16.3. The third-order valence-electron chi connectivity index (χ3n) is 5.85. The summed E-state index contributed by atoms with van der Waals surface area (Å²) in [5.74, 6) is 1.72. The van der Waals surface area contributed by atoms with Crippen molar-refractivity contribution < 1.29 is 4.42 Å². The van der Waals surface area contributed by atoms with Crippen molar-refractivity contribution in [2.24, 2.45) is 5.92 Å². The number of benzene rings is 1. The third kappa shape index (κ3) is 4.11. The standard InChI is InChI=1S/C22H26N6O/c1-2-20(29-9-1)13-23-11-17-5-7-27(14-17)8-6-18-12-24-22-4-3-19(10-21(18)22)28-15-25-26-16-28/h1-4,9-10,12,15-17,23-24H,5-8,11,13-14H2/t17-/m0/s1. The Morgan fingerprint density at radius 3 is 3.00 bits per heavy atom. The van der Waals surface area contributed by atoms with Crippen LogP contribution in [0.3, 0.4) is 0 Å². The van der Waals surface area contributed by atoms with Crippen molar-refractivity contribution in [2.45, 2.75) is 19.4 Å². The molecule has 29 heavy (non-hydrogen) atoms. The van der Waals surface area contributed by atoms with Crippen LogP contribution in [0.1, 0.15) is 17.7 Å². The SMILES string of the molecule is c1coc(CNC[C@@H]2CCN(CCc3c[nH]c4ccc(-n5cnnc5)cc34)C2)c1. The van der Waals surface area contributed by atoms with Gasteiger partial charge < -0.3 is 19.6 Å². The molecule has 0 amide bonds. The lowest BCUT2D eigenvalue weighted by atomic mass is 10.1. The zero-order chi connectivity index (χ0) is 19.5. The van der Waals surface area contributed by atoms with E-state index in [2.05, 4.69) is 49.8 Å². The molecule has 0 radical (unpaired) electrons. The van der Waals surface area contributed by atoms with Gasteiger partial charge in [0.05, 0.1) is 12.8 Å². The number of nitrogens with one attached hydrogen (secondary N) is 2. The number of hydrogen-bond acceptors (Lipinski definition) is 5. The van der Waals surface area contributed by atoms with Gasteiger partial charge in [-0.1, -0.05) is 0 Å². The number of hydrogen-bond donors (Lipinski definition) is 2. The molecule has 7 heteroatoms. The van der Waals surface area contributed by atoms with Crippen LogP contribution >= 0.6 is 0 Å². The predicted molar refractivity (Wildman–Crippen MR) is 112 cm³/mol. The maximum atomic E-state index is 5.38. The minimum Gasteiger partial charge on any atom is -0.468 e. The highest BCUT2D eigenvalue weighted by Crippen LogP contribution is 2.23. The lowest BCUT2D eigenvalue weighted by Gasteiger charge is -2.16. The van der Waals surface area contributed by atoms with E-state index in [9.17, 15) is 0 Å². The smallest absolute Gasteiger partial charge is 0.123 e. The van der Waals surface area contributed by atoms with E-state index in [0.717, 1.165) is 37.5 Å². The van der Waals surface area contributed by atoms with Gasteiger partial charge in [-0.05, 0) is 67.7 Å². The zero-order valence-corrected chi connectivity index (χ0v) is 16.4. The minimum atomic E-state index is 0.716. The molecule has 7 nitrogen and oxygen atoms in total. The molecular formula is C22H26N6O. The zero-order valence-electron chi connectivity index (χ0n) is 16.4. The van der Waals surface area contributed by atoms with Gasteiger partial charge in [0, 0.05) is 35.9 Å². The van der Waals surface area contributed by atoms with Crippen LogP contribution in [0.5, 0.6) is 0 Å². The maximum absolute atomic E-state index is 5.38. The molecule has 0 unspecified atom stereocenters. The van der Waals surface area contributed by atoms with Crippen LogP contribution in [-0.2, 0) is 13.0 Å².